The molecule has 7 nitrogen and oxygen atoms in total. The lowest BCUT2D eigenvalue weighted by Gasteiger charge is -2.04. The third-order valence-electron chi connectivity index (χ3n) is 4.53. The van der Waals surface area contributed by atoms with Crippen LogP contribution in [0.2, 0.25) is 5.02 Å². The molecule has 1 N–H and O–H groups in total. The van der Waals surface area contributed by atoms with Gasteiger partial charge in [0, 0.05) is 31.1 Å². The lowest BCUT2D eigenvalue weighted by atomic mass is 10.2. The summed E-state index contributed by atoms with van der Waals surface area (Å²) in [5.41, 5.74) is 2.04. The predicted molar refractivity (Wildman–Crippen MR) is 102 cm³/mol. The number of aliphatic hydroxyl groups is 1. The summed E-state index contributed by atoms with van der Waals surface area (Å²) in [6.45, 7) is 0.930. The van der Waals surface area contributed by atoms with E-state index in [0.717, 1.165) is 17.2 Å². The SMILES string of the molecule is Cn1nc(C2CC2)cc1-c1nc(COc2cccc(Cl)c2)nn1CCCO. The van der Waals surface area contributed by atoms with E-state index in [1.165, 1.54) is 12.8 Å². The molecule has 0 saturated heterocycles. The maximum atomic E-state index is 9.20. The number of nitrogens with zero attached hydrogens (tertiary/aromatic N) is 5. The maximum Gasteiger partial charge on any atom is 0.188 e. The van der Waals surface area contributed by atoms with Crippen molar-refractivity contribution in [1.29, 1.82) is 0 Å². The Hall–Kier alpha value is -2.38. The monoisotopic (exact) mass is 387 g/mol. The van der Waals surface area contributed by atoms with Crippen LogP contribution in [0.4, 0.5) is 0 Å². The van der Waals surface area contributed by atoms with Crippen molar-refractivity contribution in [2.45, 2.75) is 38.3 Å². The van der Waals surface area contributed by atoms with Crippen LogP contribution in [0.3, 0.4) is 0 Å². The van der Waals surface area contributed by atoms with Gasteiger partial charge in [0.1, 0.15) is 18.1 Å². The first-order valence-corrected chi connectivity index (χ1v) is 9.49. The summed E-state index contributed by atoms with van der Waals surface area (Å²) in [5, 5.41) is 19.0. The van der Waals surface area contributed by atoms with Crippen LogP contribution in [-0.2, 0) is 20.2 Å². The van der Waals surface area contributed by atoms with Gasteiger partial charge in [-0.05, 0) is 43.5 Å². The van der Waals surface area contributed by atoms with Gasteiger partial charge in [-0.1, -0.05) is 17.7 Å². The van der Waals surface area contributed by atoms with E-state index < -0.39 is 0 Å². The summed E-state index contributed by atoms with van der Waals surface area (Å²) in [6.07, 6.45) is 3.01. The Bertz CT molecular complexity index is 932. The number of aromatic nitrogens is 5. The van der Waals surface area contributed by atoms with Gasteiger partial charge in [-0.2, -0.15) is 10.2 Å². The van der Waals surface area contributed by atoms with E-state index in [9.17, 15) is 5.11 Å². The summed E-state index contributed by atoms with van der Waals surface area (Å²) in [4.78, 5) is 4.68. The van der Waals surface area contributed by atoms with Gasteiger partial charge in [0.15, 0.2) is 11.6 Å². The third kappa shape index (κ3) is 4.14. The normalized spacial score (nSPS) is 13.9. The molecule has 1 saturated carbocycles. The zero-order chi connectivity index (χ0) is 18.8. The highest BCUT2D eigenvalue weighted by Gasteiger charge is 2.28. The second kappa shape index (κ2) is 7.70. The molecule has 0 aliphatic heterocycles. The summed E-state index contributed by atoms with van der Waals surface area (Å²) >= 11 is 5.99. The Labute approximate surface area is 162 Å². The quantitative estimate of drug-likeness (QED) is 0.642. The zero-order valence-electron chi connectivity index (χ0n) is 15.2. The van der Waals surface area contributed by atoms with Gasteiger partial charge in [0.25, 0.3) is 0 Å². The van der Waals surface area contributed by atoms with Gasteiger partial charge in [0.05, 0.1) is 5.69 Å². The average molecular weight is 388 g/mol. The van der Waals surface area contributed by atoms with Gasteiger partial charge in [-0.25, -0.2) is 9.67 Å². The van der Waals surface area contributed by atoms with E-state index in [2.05, 4.69) is 21.2 Å². The maximum absolute atomic E-state index is 9.20. The third-order valence-corrected chi connectivity index (χ3v) is 4.77. The molecule has 0 unspecified atom stereocenters. The first kappa shape index (κ1) is 18.0. The second-order valence-electron chi connectivity index (χ2n) is 6.75. The van der Waals surface area contributed by atoms with Crippen LogP contribution in [0.15, 0.2) is 30.3 Å². The van der Waals surface area contributed by atoms with Crippen molar-refractivity contribution in [1.82, 2.24) is 24.5 Å². The molecule has 8 heteroatoms. The van der Waals surface area contributed by atoms with Crippen molar-refractivity contribution in [3.8, 4) is 17.3 Å². The molecule has 4 rings (SSSR count). The molecule has 27 heavy (non-hydrogen) atoms. The number of hydrogen-bond donors (Lipinski definition) is 1. The van der Waals surface area contributed by atoms with Gasteiger partial charge < -0.3 is 9.84 Å². The van der Waals surface area contributed by atoms with E-state index in [4.69, 9.17) is 16.3 Å². The van der Waals surface area contributed by atoms with Crippen LogP contribution >= 0.6 is 11.6 Å². The van der Waals surface area contributed by atoms with Gasteiger partial charge in [-0.15, -0.1) is 0 Å². The highest BCUT2D eigenvalue weighted by atomic mass is 35.5. The van der Waals surface area contributed by atoms with E-state index in [1.807, 2.05) is 28.5 Å². The van der Waals surface area contributed by atoms with Crippen LogP contribution in [0.25, 0.3) is 11.5 Å². The molecule has 0 atom stereocenters. The first-order valence-electron chi connectivity index (χ1n) is 9.11. The Morgan fingerprint density at radius 3 is 2.85 bits per heavy atom. The van der Waals surface area contributed by atoms with Crippen molar-refractivity contribution in [3.05, 3.63) is 46.9 Å². The number of benzene rings is 1. The molecule has 0 spiro atoms. The van der Waals surface area contributed by atoms with Crippen molar-refractivity contribution in [2.75, 3.05) is 6.61 Å². The Morgan fingerprint density at radius 1 is 1.26 bits per heavy atom. The summed E-state index contributed by atoms with van der Waals surface area (Å²) in [7, 11) is 1.93. The molecule has 0 bridgehead atoms. The Morgan fingerprint density at radius 2 is 2.11 bits per heavy atom. The minimum absolute atomic E-state index is 0.104. The highest BCUT2D eigenvalue weighted by molar-refractivity contribution is 6.30. The molecule has 1 fully saturated rings. The number of rotatable bonds is 8. The molecule has 0 radical (unpaired) electrons. The smallest absolute Gasteiger partial charge is 0.188 e. The number of halogens is 1. The van der Waals surface area contributed by atoms with Crippen LogP contribution in [-0.4, -0.2) is 36.3 Å². The number of hydrogen-bond acceptors (Lipinski definition) is 5. The molecule has 0 amide bonds. The fourth-order valence-corrected chi connectivity index (χ4v) is 3.18. The predicted octanol–water partition coefficient (Wildman–Crippen LogP) is 3.17. The van der Waals surface area contributed by atoms with E-state index >= 15 is 0 Å². The molecular formula is C19H22ClN5O2. The van der Waals surface area contributed by atoms with Crippen LogP contribution in [0, 0.1) is 0 Å². The van der Waals surface area contributed by atoms with Crippen molar-refractivity contribution in [2.24, 2.45) is 7.05 Å². The lowest BCUT2D eigenvalue weighted by molar-refractivity contribution is 0.275. The summed E-state index contributed by atoms with van der Waals surface area (Å²) < 4.78 is 9.45. The number of aryl methyl sites for hydroxylation is 2. The van der Waals surface area contributed by atoms with E-state index in [1.54, 1.807) is 12.1 Å². The molecule has 1 aliphatic rings. The largest absolute Gasteiger partial charge is 0.485 e. The van der Waals surface area contributed by atoms with Crippen molar-refractivity contribution in [3.63, 3.8) is 0 Å². The van der Waals surface area contributed by atoms with Crippen LogP contribution < -0.4 is 4.74 Å². The number of aliphatic hydroxyl groups excluding tert-OH is 1. The first-order chi connectivity index (χ1) is 13.1. The van der Waals surface area contributed by atoms with Gasteiger partial charge >= 0.3 is 0 Å². The van der Waals surface area contributed by atoms with Crippen LogP contribution in [0.1, 0.15) is 36.7 Å². The summed E-state index contributed by atoms with van der Waals surface area (Å²) in [5.74, 6) is 2.57. The molecular weight excluding hydrogens is 366 g/mol. The molecule has 1 aromatic carbocycles. The Kier molecular flexibility index (Phi) is 5.13. The van der Waals surface area contributed by atoms with Gasteiger partial charge in [-0.3, -0.25) is 4.68 Å². The van der Waals surface area contributed by atoms with Crippen molar-refractivity contribution < 1.29 is 9.84 Å². The minimum Gasteiger partial charge on any atom is -0.485 e. The molecule has 2 heterocycles. The fourth-order valence-electron chi connectivity index (χ4n) is 3.00. The standard InChI is InChI=1S/C19H22ClN5O2/c1-24-17(11-16(22-24)13-6-7-13)19-21-18(23-25(19)8-3-9-26)12-27-15-5-2-4-14(20)10-15/h2,4-5,10-11,13,26H,3,6-9,12H2,1H3. The topological polar surface area (TPSA) is 78.0 Å². The number of ether oxygens (including phenoxy) is 1. The second-order valence-corrected chi connectivity index (χ2v) is 7.19. The lowest BCUT2D eigenvalue weighted by Crippen LogP contribution is -2.07. The zero-order valence-corrected chi connectivity index (χ0v) is 15.9. The molecule has 142 valence electrons. The fraction of sp³-hybridized carbons (Fsp3) is 0.421. The summed E-state index contributed by atoms with van der Waals surface area (Å²) in [6, 6.07) is 9.34. The molecule has 2 aromatic heterocycles. The van der Waals surface area contributed by atoms with E-state index in [0.29, 0.717) is 35.5 Å². The molecule has 3 aromatic rings. The highest BCUT2D eigenvalue weighted by Crippen LogP contribution is 2.40. The minimum atomic E-state index is 0.104. The van der Waals surface area contributed by atoms with Crippen molar-refractivity contribution >= 4 is 11.6 Å². The molecule has 1 aliphatic carbocycles. The average Bonchev–Trinajstić information content (AvgIpc) is 3.32. The Balaban J connectivity index is 1.58. The van der Waals surface area contributed by atoms with E-state index in [-0.39, 0.29) is 13.2 Å². The van der Waals surface area contributed by atoms with Gasteiger partial charge in [0.2, 0.25) is 0 Å². The van der Waals surface area contributed by atoms with Crippen LogP contribution in [0.5, 0.6) is 5.75 Å².